The third-order valence-electron chi connectivity index (χ3n) is 7.24. The van der Waals surface area contributed by atoms with E-state index in [2.05, 4.69) is 22.5 Å². The molecule has 1 N–H and O–H groups in total. The standard InChI is InChI=1S/C31H32N4O4/c1-3-35-27-8-6-5-7-26(27)28(33-35)29(36)32-25-15-13-21(14-16-25)22-17-19-34(20-18-22)30(37)23-9-11-24(12-10-23)31(38)39-4-2/h5-16,22H,3-4,17-20H2,1-2H3,(H,32,36). The van der Waals surface area contributed by atoms with Gasteiger partial charge in [-0.25, -0.2) is 4.79 Å². The van der Waals surface area contributed by atoms with E-state index >= 15 is 0 Å². The Hall–Kier alpha value is -4.46. The van der Waals surface area contributed by atoms with Gasteiger partial charge < -0.3 is 15.0 Å². The van der Waals surface area contributed by atoms with Crippen molar-refractivity contribution in [2.75, 3.05) is 25.0 Å². The summed E-state index contributed by atoms with van der Waals surface area (Å²) in [5.74, 6) is -0.300. The number of anilines is 1. The van der Waals surface area contributed by atoms with Gasteiger partial charge in [-0.3, -0.25) is 14.3 Å². The Labute approximate surface area is 227 Å². The van der Waals surface area contributed by atoms with Crippen LogP contribution < -0.4 is 5.32 Å². The van der Waals surface area contributed by atoms with Crippen molar-refractivity contribution in [3.8, 4) is 0 Å². The lowest BCUT2D eigenvalue weighted by Crippen LogP contribution is -2.37. The third-order valence-corrected chi connectivity index (χ3v) is 7.24. The number of aromatic nitrogens is 2. The van der Waals surface area contributed by atoms with Gasteiger partial charge in [0.1, 0.15) is 0 Å². The fraction of sp³-hybridized carbons (Fsp3) is 0.290. The molecule has 4 aromatic rings. The summed E-state index contributed by atoms with van der Waals surface area (Å²) in [5.41, 5.74) is 4.29. The van der Waals surface area contributed by atoms with Crippen LogP contribution in [0.1, 0.15) is 69.4 Å². The van der Waals surface area contributed by atoms with Crippen LogP contribution in [-0.2, 0) is 11.3 Å². The molecule has 39 heavy (non-hydrogen) atoms. The molecule has 0 radical (unpaired) electrons. The number of piperidine rings is 1. The maximum Gasteiger partial charge on any atom is 0.338 e. The molecule has 0 unspecified atom stereocenters. The molecule has 5 rings (SSSR count). The molecular weight excluding hydrogens is 492 g/mol. The summed E-state index contributed by atoms with van der Waals surface area (Å²) in [7, 11) is 0. The predicted molar refractivity (Wildman–Crippen MR) is 150 cm³/mol. The summed E-state index contributed by atoms with van der Waals surface area (Å²) in [6, 6.07) is 22.3. The number of likely N-dealkylation sites (tertiary alicyclic amines) is 1. The molecule has 2 amide bonds. The van der Waals surface area contributed by atoms with Crippen molar-refractivity contribution < 1.29 is 19.1 Å². The maximum absolute atomic E-state index is 13.0. The number of aryl methyl sites for hydroxylation is 1. The zero-order valence-corrected chi connectivity index (χ0v) is 22.2. The zero-order valence-electron chi connectivity index (χ0n) is 22.2. The van der Waals surface area contributed by atoms with Crippen LogP contribution in [0.5, 0.6) is 0 Å². The molecule has 0 bridgehead atoms. The topological polar surface area (TPSA) is 93.5 Å². The van der Waals surface area contributed by atoms with Gasteiger partial charge in [0.2, 0.25) is 0 Å². The molecule has 0 saturated carbocycles. The van der Waals surface area contributed by atoms with Crippen LogP contribution in [0.3, 0.4) is 0 Å². The van der Waals surface area contributed by atoms with Gasteiger partial charge in [0, 0.05) is 36.3 Å². The molecule has 3 aromatic carbocycles. The molecule has 1 aliphatic heterocycles. The number of rotatable bonds is 7. The van der Waals surface area contributed by atoms with Gasteiger partial charge >= 0.3 is 5.97 Å². The number of nitrogens with one attached hydrogen (secondary N) is 1. The summed E-state index contributed by atoms with van der Waals surface area (Å²) in [5, 5.41) is 8.33. The second-order valence-corrected chi connectivity index (χ2v) is 9.62. The molecule has 1 fully saturated rings. The minimum Gasteiger partial charge on any atom is -0.462 e. The van der Waals surface area contributed by atoms with Crippen molar-refractivity contribution in [2.24, 2.45) is 0 Å². The van der Waals surface area contributed by atoms with Gasteiger partial charge in [-0.1, -0.05) is 30.3 Å². The van der Waals surface area contributed by atoms with E-state index in [-0.39, 0.29) is 17.8 Å². The Bertz CT molecular complexity index is 1480. The van der Waals surface area contributed by atoms with Gasteiger partial charge in [0.15, 0.2) is 5.69 Å². The number of carbonyl (C=O) groups excluding carboxylic acids is 3. The molecule has 1 saturated heterocycles. The fourth-order valence-corrected chi connectivity index (χ4v) is 5.13. The van der Waals surface area contributed by atoms with Crippen molar-refractivity contribution in [1.29, 1.82) is 0 Å². The van der Waals surface area contributed by atoms with Crippen molar-refractivity contribution in [2.45, 2.75) is 39.2 Å². The molecule has 200 valence electrons. The number of carbonyl (C=O) groups is 3. The Morgan fingerprint density at radius 3 is 2.23 bits per heavy atom. The van der Waals surface area contributed by atoms with E-state index < -0.39 is 0 Å². The van der Waals surface area contributed by atoms with Crippen LogP contribution in [0.15, 0.2) is 72.8 Å². The highest BCUT2D eigenvalue weighted by molar-refractivity contribution is 6.11. The van der Waals surface area contributed by atoms with Crippen LogP contribution in [0.25, 0.3) is 10.9 Å². The van der Waals surface area contributed by atoms with E-state index in [1.165, 1.54) is 5.56 Å². The monoisotopic (exact) mass is 524 g/mol. The van der Waals surface area contributed by atoms with Gasteiger partial charge in [0.05, 0.1) is 17.7 Å². The van der Waals surface area contributed by atoms with Gasteiger partial charge in [-0.15, -0.1) is 0 Å². The second-order valence-electron chi connectivity index (χ2n) is 9.62. The molecule has 1 aromatic heterocycles. The fourth-order valence-electron chi connectivity index (χ4n) is 5.13. The summed E-state index contributed by atoms with van der Waals surface area (Å²) in [6.45, 7) is 6.09. The number of hydrogen-bond acceptors (Lipinski definition) is 5. The zero-order chi connectivity index (χ0) is 27.4. The highest BCUT2D eigenvalue weighted by Crippen LogP contribution is 2.30. The minimum atomic E-state index is -0.386. The lowest BCUT2D eigenvalue weighted by molar-refractivity contribution is 0.0525. The lowest BCUT2D eigenvalue weighted by Gasteiger charge is -2.32. The average Bonchev–Trinajstić information content (AvgIpc) is 3.37. The normalized spacial score (nSPS) is 13.8. The van der Waals surface area contributed by atoms with E-state index in [0.29, 0.717) is 49.0 Å². The predicted octanol–water partition coefficient (Wildman–Crippen LogP) is 5.51. The number of benzene rings is 3. The van der Waals surface area contributed by atoms with Crippen LogP contribution in [0.2, 0.25) is 0 Å². The summed E-state index contributed by atoms with van der Waals surface area (Å²) < 4.78 is 6.84. The summed E-state index contributed by atoms with van der Waals surface area (Å²) >= 11 is 0. The Balaban J connectivity index is 1.17. The maximum atomic E-state index is 13.0. The van der Waals surface area contributed by atoms with Crippen LogP contribution >= 0.6 is 0 Å². The first-order valence-electron chi connectivity index (χ1n) is 13.4. The number of fused-ring (bicyclic) bond motifs is 1. The first-order chi connectivity index (χ1) is 19.0. The number of esters is 1. The Kier molecular flexibility index (Phi) is 7.72. The molecule has 2 heterocycles. The van der Waals surface area contributed by atoms with Crippen molar-refractivity contribution >= 4 is 34.4 Å². The Morgan fingerprint density at radius 2 is 1.56 bits per heavy atom. The highest BCUT2D eigenvalue weighted by atomic mass is 16.5. The summed E-state index contributed by atoms with van der Waals surface area (Å²) in [4.78, 5) is 39.7. The number of nitrogens with zero attached hydrogens (tertiary/aromatic N) is 3. The highest BCUT2D eigenvalue weighted by Gasteiger charge is 2.25. The van der Waals surface area contributed by atoms with Crippen LogP contribution in [0, 0.1) is 0 Å². The first-order valence-corrected chi connectivity index (χ1v) is 13.4. The molecule has 8 nitrogen and oxygen atoms in total. The van der Waals surface area contributed by atoms with E-state index in [4.69, 9.17) is 4.74 Å². The van der Waals surface area contributed by atoms with Crippen LogP contribution in [0.4, 0.5) is 5.69 Å². The number of ether oxygens (including phenoxy) is 1. The van der Waals surface area contributed by atoms with Crippen molar-refractivity contribution in [3.05, 3.63) is 95.2 Å². The van der Waals surface area contributed by atoms with E-state index in [9.17, 15) is 14.4 Å². The van der Waals surface area contributed by atoms with E-state index in [1.54, 1.807) is 31.2 Å². The lowest BCUT2D eigenvalue weighted by atomic mass is 9.89. The first kappa shape index (κ1) is 26.2. The third kappa shape index (κ3) is 5.55. The molecule has 8 heteroatoms. The number of hydrogen-bond donors (Lipinski definition) is 1. The molecule has 0 aliphatic carbocycles. The number of amides is 2. The minimum absolute atomic E-state index is 0.0278. The second kappa shape index (κ2) is 11.5. The SMILES string of the molecule is CCOC(=O)c1ccc(C(=O)N2CCC(c3ccc(NC(=O)c4nn(CC)c5ccccc45)cc3)CC2)cc1. The van der Waals surface area contributed by atoms with Gasteiger partial charge in [-0.2, -0.15) is 5.10 Å². The van der Waals surface area contributed by atoms with Crippen LogP contribution in [-0.4, -0.2) is 52.2 Å². The molecule has 0 spiro atoms. The Morgan fingerprint density at radius 1 is 0.897 bits per heavy atom. The molecule has 1 aliphatic rings. The van der Waals surface area contributed by atoms with Gasteiger partial charge in [-0.05, 0) is 80.6 Å². The summed E-state index contributed by atoms with van der Waals surface area (Å²) in [6.07, 6.45) is 1.72. The van der Waals surface area contributed by atoms with E-state index in [0.717, 1.165) is 29.4 Å². The quantitative estimate of drug-likeness (QED) is 0.322. The smallest absolute Gasteiger partial charge is 0.338 e. The number of para-hydroxylation sites is 1. The van der Waals surface area contributed by atoms with Gasteiger partial charge in [0.25, 0.3) is 11.8 Å². The molecule has 0 atom stereocenters. The van der Waals surface area contributed by atoms with Crippen molar-refractivity contribution in [3.63, 3.8) is 0 Å². The van der Waals surface area contributed by atoms with E-state index in [1.807, 2.05) is 52.9 Å². The van der Waals surface area contributed by atoms with Crippen molar-refractivity contribution in [1.82, 2.24) is 14.7 Å². The largest absolute Gasteiger partial charge is 0.462 e. The molecular formula is C31H32N4O4. The average molecular weight is 525 g/mol.